The zero-order valence-corrected chi connectivity index (χ0v) is 19.3. The molecule has 1 aromatic carbocycles. The Labute approximate surface area is 181 Å². The molecule has 2 heterocycles. The lowest BCUT2D eigenvalue weighted by Gasteiger charge is -2.30. The van der Waals surface area contributed by atoms with E-state index >= 15 is 0 Å². The molecule has 1 aromatic rings. The van der Waals surface area contributed by atoms with Crippen molar-refractivity contribution >= 4 is 29.9 Å². The minimum absolute atomic E-state index is 0. The van der Waals surface area contributed by atoms with E-state index < -0.39 is 0 Å². The van der Waals surface area contributed by atoms with Gasteiger partial charge in [-0.05, 0) is 52.5 Å². The van der Waals surface area contributed by atoms with Crippen LogP contribution in [0.25, 0.3) is 0 Å². The Bertz CT molecular complexity index is 607. The molecule has 3 rings (SSSR count). The molecule has 5 nitrogen and oxygen atoms in total. The smallest absolute Gasteiger partial charge is 0.191 e. The monoisotopic (exact) mass is 486 g/mol. The first kappa shape index (κ1) is 22.4. The number of halogens is 1. The molecule has 2 bridgehead atoms. The highest BCUT2D eigenvalue weighted by atomic mass is 127. The first-order valence-electron chi connectivity index (χ1n) is 10.00. The SMILES string of the molecule is CCNC(=NCC(C)(C)NC(C)c1ccccc1)NC1CC2CCC1O2.I. The molecule has 27 heavy (non-hydrogen) atoms. The van der Waals surface area contributed by atoms with E-state index in [1.165, 1.54) is 18.4 Å². The molecule has 0 radical (unpaired) electrons. The molecule has 3 N–H and O–H groups in total. The van der Waals surface area contributed by atoms with Gasteiger partial charge in [0.25, 0.3) is 0 Å². The van der Waals surface area contributed by atoms with Crippen molar-refractivity contribution < 1.29 is 4.74 Å². The first-order valence-corrected chi connectivity index (χ1v) is 10.00. The molecular formula is C21H35IN4O. The molecule has 152 valence electrons. The molecule has 4 unspecified atom stereocenters. The number of fused-ring (bicyclic) bond motifs is 2. The summed E-state index contributed by atoms with van der Waals surface area (Å²) in [5.41, 5.74) is 1.21. The van der Waals surface area contributed by atoms with Gasteiger partial charge in [0.15, 0.2) is 5.96 Å². The van der Waals surface area contributed by atoms with Gasteiger partial charge < -0.3 is 20.7 Å². The predicted octanol–water partition coefficient (Wildman–Crippen LogP) is 3.61. The second-order valence-electron chi connectivity index (χ2n) is 8.22. The van der Waals surface area contributed by atoms with E-state index in [2.05, 4.69) is 74.0 Å². The van der Waals surface area contributed by atoms with Crippen LogP contribution in [0.15, 0.2) is 35.3 Å². The van der Waals surface area contributed by atoms with Gasteiger partial charge >= 0.3 is 0 Å². The number of hydrogen-bond donors (Lipinski definition) is 3. The number of aliphatic imine (C=N–C) groups is 1. The summed E-state index contributed by atoms with van der Waals surface area (Å²) in [4.78, 5) is 4.86. The molecule has 4 atom stereocenters. The lowest BCUT2D eigenvalue weighted by atomic mass is 9.96. The number of guanidine groups is 1. The minimum Gasteiger partial charge on any atom is -0.373 e. The van der Waals surface area contributed by atoms with E-state index in [4.69, 9.17) is 9.73 Å². The van der Waals surface area contributed by atoms with Gasteiger partial charge in [-0.3, -0.25) is 4.99 Å². The molecule has 0 amide bonds. The summed E-state index contributed by atoms with van der Waals surface area (Å²) in [5.74, 6) is 0.899. The van der Waals surface area contributed by atoms with Gasteiger partial charge in [-0.15, -0.1) is 24.0 Å². The minimum atomic E-state index is -0.0945. The van der Waals surface area contributed by atoms with E-state index in [1.54, 1.807) is 0 Å². The normalized spacial score (nSPS) is 25.8. The third-order valence-electron chi connectivity index (χ3n) is 5.31. The van der Waals surface area contributed by atoms with Crippen LogP contribution in [0.1, 0.15) is 58.6 Å². The number of ether oxygens (including phenoxy) is 1. The van der Waals surface area contributed by atoms with Gasteiger partial charge in [0.1, 0.15) is 0 Å². The van der Waals surface area contributed by atoms with Crippen LogP contribution in [0.3, 0.4) is 0 Å². The van der Waals surface area contributed by atoms with Crippen LogP contribution < -0.4 is 16.0 Å². The quantitative estimate of drug-likeness (QED) is 0.313. The van der Waals surface area contributed by atoms with E-state index in [1.807, 2.05) is 0 Å². The maximum Gasteiger partial charge on any atom is 0.191 e. The van der Waals surface area contributed by atoms with E-state index in [0.29, 0.717) is 24.8 Å². The molecule has 2 aliphatic heterocycles. The highest BCUT2D eigenvalue weighted by Gasteiger charge is 2.41. The summed E-state index contributed by atoms with van der Waals surface area (Å²) in [6.07, 6.45) is 4.29. The van der Waals surface area contributed by atoms with Crippen LogP contribution in [0.4, 0.5) is 0 Å². The van der Waals surface area contributed by atoms with Crippen LogP contribution in [0.5, 0.6) is 0 Å². The zero-order chi connectivity index (χ0) is 18.6. The zero-order valence-electron chi connectivity index (χ0n) is 17.0. The van der Waals surface area contributed by atoms with Crippen molar-refractivity contribution in [2.75, 3.05) is 13.1 Å². The highest BCUT2D eigenvalue weighted by Crippen LogP contribution is 2.34. The lowest BCUT2D eigenvalue weighted by molar-refractivity contribution is 0.0992. The van der Waals surface area contributed by atoms with Crippen molar-refractivity contribution in [2.24, 2.45) is 4.99 Å². The van der Waals surface area contributed by atoms with Crippen LogP contribution in [0, 0.1) is 0 Å². The van der Waals surface area contributed by atoms with Crippen molar-refractivity contribution in [1.29, 1.82) is 0 Å². The Morgan fingerprint density at radius 2 is 2.00 bits per heavy atom. The maximum atomic E-state index is 5.95. The summed E-state index contributed by atoms with van der Waals surface area (Å²) in [6.45, 7) is 10.3. The van der Waals surface area contributed by atoms with Crippen molar-refractivity contribution in [3.63, 3.8) is 0 Å². The Morgan fingerprint density at radius 1 is 1.26 bits per heavy atom. The predicted molar refractivity (Wildman–Crippen MR) is 123 cm³/mol. The van der Waals surface area contributed by atoms with Gasteiger partial charge in [-0.25, -0.2) is 0 Å². The van der Waals surface area contributed by atoms with E-state index in [-0.39, 0.29) is 35.6 Å². The van der Waals surface area contributed by atoms with Crippen molar-refractivity contribution in [3.8, 4) is 0 Å². The van der Waals surface area contributed by atoms with Gasteiger partial charge in [0.05, 0.1) is 24.8 Å². The topological polar surface area (TPSA) is 57.7 Å². The van der Waals surface area contributed by atoms with Crippen molar-refractivity contribution in [3.05, 3.63) is 35.9 Å². The molecule has 0 aliphatic carbocycles. The number of hydrogen-bond acceptors (Lipinski definition) is 3. The van der Waals surface area contributed by atoms with Gasteiger partial charge in [0, 0.05) is 18.1 Å². The van der Waals surface area contributed by atoms with Crippen molar-refractivity contribution in [2.45, 2.75) is 76.8 Å². The largest absolute Gasteiger partial charge is 0.373 e. The van der Waals surface area contributed by atoms with E-state index in [9.17, 15) is 0 Å². The molecule has 2 saturated heterocycles. The molecule has 2 aliphatic rings. The number of benzene rings is 1. The standard InChI is InChI=1S/C21H34N4O.HI/c1-5-22-20(24-18-13-17-11-12-19(18)26-17)23-14-21(3,4)25-15(2)16-9-7-6-8-10-16;/h6-10,15,17-19,25H,5,11-14H2,1-4H3,(H2,22,23,24);1H. The van der Waals surface area contributed by atoms with Crippen LogP contribution in [-0.2, 0) is 4.74 Å². The Hall–Kier alpha value is -0.860. The Kier molecular flexibility index (Phi) is 8.37. The van der Waals surface area contributed by atoms with Crippen molar-refractivity contribution in [1.82, 2.24) is 16.0 Å². The molecular weight excluding hydrogens is 451 g/mol. The fourth-order valence-electron chi connectivity index (χ4n) is 4.02. The summed E-state index contributed by atoms with van der Waals surface area (Å²) >= 11 is 0. The third kappa shape index (κ3) is 6.32. The summed E-state index contributed by atoms with van der Waals surface area (Å²) < 4.78 is 5.95. The number of rotatable bonds is 7. The maximum absolute atomic E-state index is 5.95. The average molecular weight is 486 g/mol. The summed E-state index contributed by atoms with van der Waals surface area (Å²) in [6, 6.07) is 11.2. The number of nitrogens with one attached hydrogen (secondary N) is 3. The average Bonchev–Trinajstić information content (AvgIpc) is 3.23. The second-order valence-corrected chi connectivity index (χ2v) is 8.22. The van der Waals surface area contributed by atoms with Gasteiger partial charge in [0.2, 0.25) is 0 Å². The van der Waals surface area contributed by atoms with Crippen LogP contribution in [0.2, 0.25) is 0 Å². The molecule has 6 heteroatoms. The van der Waals surface area contributed by atoms with E-state index in [0.717, 1.165) is 18.9 Å². The fourth-order valence-corrected chi connectivity index (χ4v) is 4.02. The summed E-state index contributed by atoms with van der Waals surface area (Å²) in [7, 11) is 0. The molecule has 2 fully saturated rings. The Balaban J connectivity index is 0.00000261. The summed E-state index contributed by atoms with van der Waals surface area (Å²) in [5, 5.41) is 10.7. The van der Waals surface area contributed by atoms with Crippen LogP contribution >= 0.6 is 24.0 Å². The van der Waals surface area contributed by atoms with Gasteiger partial charge in [-0.2, -0.15) is 0 Å². The second kappa shape index (κ2) is 10.1. The third-order valence-corrected chi connectivity index (χ3v) is 5.31. The molecule has 0 aromatic heterocycles. The van der Waals surface area contributed by atoms with Crippen LogP contribution in [-0.4, -0.2) is 42.8 Å². The van der Waals surface area contributed by atoms with Gasteiger partial charge in [-0.1, -0.05) is 30.3 Å². The lowest BCUT2D eigenvalue weighted by Crippen LogP contribution is -2.49. The highest BCUT2D eigenvalue weighted by molar-refractivity contribution is 14.0. The number of nitrogens with zero attached hydrogens (tertiary/aromatic N) is 1. The Morgan fingerprint density at radius 3 is 2.59 bits per heavy atom. The molecule has 0 spiro atoms. The first-order chi connectivity index (χ1) is 12.5. The fraction of sp³-hybridized carbons (Fsp3) is 0.667. The molecule has 0 saturated carbocycles.